The number of carbonyl (C=O) groups excluding carboxylic acids is 1. The predicted octanol–water partition coefficient (Wildman–Crippen LogP) is 2.59. The van der Waals surface area contributed by atoms with Gasteiger partial charge in [-0.2, -0.15) is 4.39 Å². The maximum absolute atomic E-state index is 12.9. The van der Waals surface area contributed by atoms with E-state index in [-0.39, 0.29) is 5.56 Å². The van der Waals surface area contributed by atoms with Crippen molar-refractivity contribution in [3.8, 4) is 5.75 Å². The van der Waals surface area contributed by atoms with Crippen LogP contribution in [0.3, 0.4) is 0 Å². The Hall–Kier alpha value is -2.27. The van der Waals surface area contributed by atoms with Crippen LogP contribution in [0.4, 0.5) is 4.39 Å². The molecule has 0 bridgehead atoms. The van der Waals surface area contributed by atoms with Crippen LogP contribution in [0.25, 0.3) is 0 Å². The van der Waals surface area contributed by atoms with Crippen LogP contribution in [0.15, 0.2) is 42.6 Å². The number of aromatic nitrogens is 1. The van der Waals surface area contributed by atoms with E-state index in [0.29, 0.717) is 12.4 Å². The summed E-state index contributed by atoms with van der Waals surface area (Å²) in [5.41, 5.74) is 0.998. The lowest BCUT2D eigenvalue weighted by Crippen LogP contribution is -2.09. The average Bonchev–Trinajstić information content (AvgIpc) is 2.39. The molecule has 0 aliphatic carbocycles. The number of hydrogen-bond donors (Lipinski definition) is 0. The summed E-state index contributed by atoms with van der Waals surface area (Å²) >= 11 is 0. The van der Waals surface area contributed by atoms with Crippen molar-refractivity contribution in [3.05, 3.63) is 59.7 Å². The SMILES string of the molecule is COCc1cccc(OC(=O)c2ccnc(F)c2)c1. The van der Waals surface area contributed by atoms with Gasteiger partial charge >= 0.3 is 5.97 Å². The lowest BCUT2D eigenvalue weighted by Gasteiger charge is -2.06. The molecule has 4 nitrogen and oxygen atoms in total. The van der Waals surface area contributed by atoms with Crippen molar-refractivity contribution < 1.29 is 18.7 Å². The summed E-state index contributed by atoms with van der Waals surface area (Å²) in [5, 5.41) is 0. The quantitative estimate of drug-likeness (QED) is 0.482. The first-order chi connectivity index (χ1) is 9.19. The van der Waals surface area contributed by atoms with Gasteiger partial charge in [0.2, 0.25) is 5.95 Å². The topological polar surface area (TPSA) is 48.4 Å². The van der Waals surface area contributed by atoms with Gasteiger partial charge in [-0.25, -0.2) is 9.78 Å². The molecular weight excluding hydrogens is 249 g/mol. The van der Waals surface area contributed by atoms with Crippen molar-refractivity contribution in [2.24, 2.45) is 0 Å². The minimum Gasteiger partial charge on any atom is -0.423 e. The number of esters is 1. The van der Waals surface area contributed by atoms with E-state index in [4.69, 9.17) is 9.47 Å². The molecule has 98 valence electrons. The smallest absolute Gasteiger partial charge is 0.343 e. The van der Waals surface area contributed by atoms with Gasteiger partial charge in [0, 0.05) is 19.4 Å². The van der Waals surface area contributed by atoms with Gasteiger partial charge in [0.05, 0.1) is 12.2 Å². The molecule has 1 aromatic heterocycles. The number of carbonyl (C=O) groups is 1. The molecule has 2 aromatic rings. The first kappa shape index (κ1) is 13.2. The molecule has 0 aliphatic rings. The second-order valence-corrected chi connectivity index (χ2v) is 3.84. The summed E-state index contributed by atoms with van der Waals surface area (Å²) in [5.74, 6) is -0.963. The average molecular weight is 261 g/mol. The minimum absolute atomic E-state index is 0.115. The van der Waals surface area contributed by atoms with Crippen LogP contribution in [-0.4, -0.2) is 18.1 Å². The third kappa shape index (κ3) is 3.59. The molecule has 0 fully saturated rings. The standard InChI is InChI=1S/C14H12FNO3/c1-18-9-10-3-2-4-12(7-10)19-14(17)11-5-6-16-13(15)8-11/h2-8H,9H2,1H3. The van der Waals surface area contributed by atoms with E-state index in [9.17, 15) is 9.18 Å². The van der Waals surface area contributed by atoms with Crippen LogP contribution in [0.5, 0.6) is 5.75 Å². The molecule has 0 saturated heterocycles. The normalized spacial score (nSPS) is 10.2. The van der Waals surface area contributed by atoms with Crippen LogP contribution < -0.4 is 4.74 Å². The van der Waals surface area contributed by atoms with Crippen molar-refractivity contribution in [3.63, 3.8) is 0 Å². The molecule has 0 radical (unpaired) electrons. The summed E-state index contributed by atoms with van der Waals surface area (Å²) < 4.78 is 23.0. The fraction of sp³-hybridized carbons (Fsp3) is 0.143. The van der Waals surface area contributed by atoms with Crippen molar-refractivity contribution in [1.82, 2.24) is 4.98 Å². The maximum atomic E-state index is 12.9. The number of halogens is 1. The van der Waals surface area contributed by atoms with E-state index in [0.717, 1.165) is 11.6 Å². The summed E-state index contributed by atoms with van der Waals surface area (Å²) in [6.45, 7) is 0.426. The Bertz CT molecular complexity index is 586. The molecule has 0 aliphatic heterocycles. The van der Waals surface area contributed by atoms with E-state index in [1.165, 1.54) is 12.3 Å². The highest BCUT2D eigenvalue weighted by atomic mass is 19.1. The molecule has 0 amide bonds. The Balaban J connectivity index is 2.12. The van der Waals surface area contributed by atoms with Crippen molar-refractivity contribution in [2.45, 2.75) is 6.61 Å². The lowest BCUT2D eigenvalue weighted by molar-refractivity contribution is 0.0733. The van der Waals surface area contributed by atoms with Gasteiger partial charge in [0.1, 0.15) is 5.75 Å². The Labute approximate surface area is 109 Å². The second kappa shape index (κ2) is 6.06. The fourth-order valence-corrected chi connectivity index (χ4v) is 1.56. The molecule has 0 spiro atoms. The van der Waals surface area contributed by atoms with Crippen LogP contribution >= 0.6 is 0 Å². The maximum Gasteiger partial charge on any atom is 0.343 e. The first-order valence-electron chi connectivity index (χ1n) is 5.60. The van der Waals surface area contributed by atoms with Gasteiger partial charge in [0.15, 0.2) is 0 Å². The van der Waals surface area contributed by atoms with Gasteiger partial charge in [-0.15, -0.1) is 0 Å². The molecular formula is C14H12FNO3. The number of nitrogens with zero attached hydrogens (tertiary/aromatic N) is 1. The zero-order valence-electron chi connectivity index (χ0n) is 10.3. The molecule has 0 atom stereocenters. The number of rotatable bonds is 4. The van der Waals surface area contributed by atoms with Gasteiger partial charge in [0.25, 0.3) is 0 Å². The monoisotopic (exact) mass is 261 g/mol. The number of methoxy groups -OCH3 is 1. The molecule has 1 heterocycles. The third-order valence-electron chi connectivity index (χ3n) is 2.38. The highest BCUT2D eigenvalue weighted by molar-refractivity contribution is 5.90. The van der Waals surface area contributed by atoms with Crippen LogP contribution in [0, 0.1) is 5.95 Å². The van der Waals surface area contributed by atoms with Gasteiger partial charge < -0.3 is 9.47 Å². The molecule has 2 rings (SSSR count). The molecule has 0 unspecified atom stereocenters. The van der Waals surface area contributed by atoms with Crippen LogP contribution in [-0.2, 0) is 11.3 Å². The van der Waals surface area contributed by atoms with Crippen molar-refractivity contribution >= 4 is 5.97 Å². The highest BCUT2D eigenvalue weighted by Gasteiger charge is 2.10. The van der Waals surface area contributed by atoms with E-state index in [1.54, 1.807) is 25.3 Å². The Morgan fingerprint density at radius 2 is 2.16 bits per heavy atom. The van der Waals surface area contributed by atoms with E-state index in [1.807, 2.05) is 6.07 Å². The minimum atomic E-state index is -0.720. The fourth-order valence-electron chi connectivity index (χ4n) is 1.56. The Kier molecular flexibility index (Phi) is 4.20. The van der Waals surface area contributed by atoms with Gasteiger partial charge in [-0.05, 0) is 23.8 Å². The zero-order valence-corrected chi connectivity index (χ0v) is 10.3. The van der Waals surface area contributed by atoms with E-state index >= 15 is 0 Å². The van der Waals surface area contributed by atoms with Crippen molar-refractivity contribution in [2.75, 3.05) is 7.11 Å². The van der Waals surface area contributed by atoms with Crippen LogP contribution in [0.2, 0.25) is 0 Å². The number of hydrogen-bond acceptors (Lipinski definition) is 4. The molecule has 0 saturated carbocycles. The molecule has 0 N–H and O–H groups in total. The zero-order chi connectivity index (χ0) is 13.7. The predicted molar refractivity (Wildman–Crippen MR) is 66.3 cm³/mol. The third-order valence-corrected chi connectivity index (χ3v) is 2.38. The first-order valence-corrected chi connectivity index (χ1v) is 5.60. The molecule has 19 heavy (non-hydrogen) atoms. The number of pyridine rings is 1. The molecule has 1 aromatic carbocycles. The largest absolute Gasteiger partial charge is 0.423 e. The summed E-state index contributed by atoms with van der Waals surface area (Å²) in [6.07, 6.45) is 1.22. The van der Waals surface area contributed by atoms with E-state index in [2.05, 4.69) is 4.98 Å². The van der Waals surface area contributed by atoms with Crippen LogP contribution in [0.1, 0.15) is 15.9 Å². The van der Waals surface area contributed by atoms with Gasteiger partial charge in [-0.3, -0.25) is 0 Å². The van der Waals surface area contributed by atoms with Gasteiger partial charge in [-0.1, -0.05) is 12.1 Å². The Morgan fingerprint density at radius 1 is 1.32 bits per heavy atom. The lowest BCUT2D eigenvalue weighted by atomic mass is 10.2. The summed E-state index contributed by atoms with van der Waals surface area (Å²) in [6, 6.07) is 9.37. The number of ether oxygens (including phenoxy) is 2. The second-order valence-electron chi connectivity index (χ2n) is 3.84. The highest BCUT2D eigenvalue weighted by Crippen LogP contribution is 2.16. The van der Waals surface area contributed by atoms with E-state index < -0.39 is 11.9 Å². The van der Waals surface area contributed by atoms with Crippen molar-refractivity contribution in [1.29, 1.82) is 0 Å². The molecule has 5 heteroatoms. The summed E-state index contributed by atoms with van der Waals surface area (Å²) in [7, 11) is 1.58. The Morgan fingerprint density at radius 3 is 2.89 bits per heavy atom. The number of benzene rings is 1. The summed E-state index contributed by atoms with van der Waals surface area (Å²) in [4.78, 5) is 15.2.